The van der Waals surface area contributed by atoms with E-state index in [9.17, 15) is 4.79 Å². The number of hydrogen-bond donors (Lipinski definition) is 1. The fourth-order valence-corrected chi connectivity index (χ4v) is 4.06. The van der Waals surface area contributed by atoms with Crippen molar-refractivity contribution in [3.63, 3.8) is 0 Å². The molecule has 1 fully saturated rings. The Morgan fingerprint density at radius 1 is 1.25 bits per heavy atom. The first-order valence-electron chi connectivity index (χ1n) is 8.36. The third-order valence-electron chi connectivity index (χ3n) is 4.51. The lowest BCUT2D eigenvalue weighted by atomic mass is 9.78. The van der Waals surface area contributed by atoms with Crippen molar-refractivity contribution in [2.24, 2.45) is 0 Å². The zero-order valence-electron chi connectivity index (χ0n) is 13.9. The number of amides is 1. The van der Waals surface area contributed by atoms with Crippen LogP contribution < -0.4 is 10.1 Å². The van der Waals surface area contributed by atoms with Crippen LogP contribution in [-0.4, -0.2) is 32.3 Å². The second kappa shape index (κ2) is 7.81. The number of carbonyl (C=O) groups excluding carboxylic acids is 1. The molecule has 4 nitrogen and oxygen atoms in total. The Hall–Kier alpha value is -1.85. The molecule has 1 N–H and O–H groups in total. The Morgan fingerprint density at radius 2 is 2.00 bits per heavy atom. The van der Waals surface area contributed by atoms with Crippen LogP contribution in [0.5, 0.6) is 5.75 Å². The molecule has 0 spiro atoms. The van der Waals surface area contributed by atoms with Crippen LogP contribution >= 0.6 is 11.3 Å². The van der Waals surface area contributed by atoms with Crippen molar-refractivity contribution < 1.29 is 14.3 Å². The number of hydrogen-bond acceptors (Lipinski definition) is 4. The van der Waals surface area contributed by atoms with Gasteiger partial charge in [-0.1, -0.05) is 6.07 Å². The van der Waals surface area contributed by atoms with E-state index in [1.807, 2.05) is 31.2 Å². The van der Waals surface area contributed by atoms with Gasteiger partial charge in [0.1, 0.15) is 5.75 Å². The highest BCUT2D eigenvalue weighted by molar-refractivity contribution is 7.10. The first kappa shape index (κ1) is 17.0. The normalized spacial score (nSPS) is 16.5. The molecule has 2 aromatic rings. The van der Waals surface area contributed by atoms with Crippen LogP contribution in [0.1, 0.15) is 35.0 Å². The van der Waals surface area contributed by atoms with E-state index in [-0.39, 0.29) is 11.3 Å². The quantitative estimate of drug-likeness (QED) is 0.870. The van der Waals surface area contributed by atoms with Gasteiger partial charge in [0.15, 0.2) is 0 Å². The molecule has 1 saturated heterocycles. The van der Waals surface area contributed by atoms with Crippen molar-refractivity contribution in [3.05, 3.63) is 52.2 Å². The molecule has 0 atom stereocenters. The van der Waals surface area contributed by atoms with Crippen LogP contribution in [0.2, 0.25) is 0 Å². The molecule has 2 heterocycles. The lowest BCUT2D eigenvalue weighted by molar-refractivity contribution is 0.0499. The zero-order chi connectivity index (χ0) is 16.8. The second-order valence-corrected chi connectivity index (χ2v) is 6.96. The van der Waals surface area contributed by atoms with Gasteiger partial charge in [-0.3, -0.25) is 4.79 Å². The molecular weight excluding hydrogens is 322 g/mol. The fraction of sp³-hybridized carbons (Fsp3) is 0.421. The van der Waals surface area contributed by atoms with Crippen molar-refractivity contribution in [2.45, 2.75) is 25.2 Å². The standard InChI is InChI=1S/C19H23NO3S/c1-2-23-16-7-5-15(6-8-16)18(21)20-14-19(9-11-22-12-10-19)17-4-3-13-24-17/h3-8,13H,2,9-12,14H2,1H3,(H,20,21). The Morgan fingerprint density at radius 3 is 2.62 bits per heavy atom. The summed E-state index contributed by atoms with van der Waals surface area (Å²) in [4.78, 5) is 13.8. The molecule has 1 aliphatic rings. The summed E-state index contributed by atoms with van der Waals surface area (Å²) in [6, 6.07) is 11.5. The fourth-order valence-electron chi connectivity index (χ4n) is 3.07. The van der Waals surface area contributed by atoms with Crippen molar-refractivity contribution in [2.75, 3.05) is 26.4 Å². The molecule has 1 aromatic heterocycles. The number of ether oxygens (including phenoxy) is 2. The number of thiophene rings is 1. The molecule has 24 heavy (non-hydrogen) atoms. The molecule has 1 amide bonds. The van der Waals surface area contributed by atoms with Gasteiger partial charge in [0.25, 0.3) is 5.91 Å². The van der Waals surface area contributed by atoms with Crippen molar-refractivity contribution in [3.8, 4) is 5.75 Å². The van der Waals surface area contributed by atoms with Crippen molar-refractivity contribution in [1.29, 1.82) is 0 Å². The third kappa shape index (κ3) is 3.79. The lowest BCUT2D eigenvalue weighted by Gasteiger charge is -2.36. The molecule has 0 unspecified atom stereocenters. The minimum atomic E-state index is -0.0412. The van der Waals surface area contributed by atoms with Gasteiger partial charge in [-0.05, 0) is 55.5 Å². The van der Waals surface area contributed by atoms with Crippen molar-refractivity contribution >= 4 is 17.2 Å². The molecular formula is C19H23NO3S. The van der Waals surface area contributed by atoms with E-state index < -0.39 is 0 Å². The van der Waals surface area contributed by atoms with Gasteiger partial charge in [-0.25, -0.2) is 0 Å². The number of nitrogens with one attached hydrogen (secondary N) is 1. The molecule has 5 heteroatoms. The first-order chi connectivity index (χ1) is 11.7. The summed E-state index contributed by atoms with van der Waals surface area (Å²) in [5, 5.41) is 5.22. The van der Waals surface area contributed by atoms with Crippen LogP contribution in [0, 0.1) is 0 Å². The predicted molar refractivity (Wildman–Crippen MR) is 96.0 cm³/mol. The largest absolute Gasteiger partial charge is 0.494 e. The molecule has 1 aromatic carbocycles. The molecule has 1 aliphatic heterocycles. The van der Waals surface area contributed by atoms with Gasteiger partial charge in [0.2, 0.25) is 0 Å². The minimum Gasteiger partial charge on any atom is -0.494 e. The molecule has 3 rings (SSSR count). The average molecular weight is 345 g/mol. The molecule has 0 saturated carbocycles. The van der Waals surface area contributed by atoms with E-state index in [4.69, 9.17) is 9.47 Å². The zero-order valence-corrected chi connectivity index (χ0v) is 14.7. The van der Waals surface area contributed by atoms with Gasteiger partial charge in [0, 0.05) is 35.6 Å². The summed E-state index contributed by atoms with van der Waals surface area (Å²) in [5.41, 5.74) is 0.653. The third-order valence-corrected chi connectivity index (χ3v) is 5.62. The van der Waals surface area contributed by atoms with E-state index in [2.05, 4.69) is 22.8 Å². The Bertz CT molecular complexity index is 646. The van der Waals surface area contributed by atoms with E-state index in [1.165, 1.54) is 4.88 Å². The highest BCUT2D eigenvalue weighted by atomic mass is 32.1. The smallest absolute Gasteiger partial charge is 0.251 e. The molecule has 0 radical (unpaired) electrons. The summed E-state index contributed by atoms with van der Waals surface area (Å²) in [6.07, 6.45) is 1.88. The van der Waals surface area contributed by atoms with E-state index in [0.29, 0.717) is 18.7 Å². The van der Waals surface area contributed by atoms with Gasteiger partial charge >= 0.3 is 0 Å². The SMILES string of the molecule is CCOc1ccc(C(=O)NCC2(c3cccs3)CCOCC2)cc1. The van der Waals surface area contributed by atoms with Crippen LogP contribution in [0.15, 0.2) is 41.8 Å². The highest BCUT2D eigenvalue weighted by Gasteiger charge is 2.35. The van der Waals surface area contributed by atoms with Gasteiger partial charge in [0.05, 0.1) is 6.61 Å². The highest BCUT2D eigenvalue weighted by Crippen LogP contribution is 2.37. The summed E-state index contributed by atoms with van der Waals surface area (Å²) in [7, 11) is 0. The summed E-state index contributed by atoms with van der Waals surface area (Å²) in [5.74, 6) is 0.744. The number of rotatable bonds is 6. The Balaban J connectivity index is 1.67. The second-order valence-electron chi connectivity index (χ2n) is 6.01. The van der Waals surface area contributed by atoms with E-state index >= 15 is 0 Å². The molecule has 0 aliphatic carbocycles. The van der Waals surface area contributed by atoms with Gasteiger partial charge in [-0.15, -0.1) is 11.3 Å². The lowest BCUT2D eigenvalue weighted by Crippen LogP contribution is -2.44. The summed E-state index contributed by atoms with van der Waals surface area (Å²) >= 11 is 1.76. The molecule has 128 valence electrons. The Labute approximate surface area is 146 Å². The van der Waals surface area contributed by atoms with Crippen molar-refractivity contribution in [1.82, 2.24) is 5.32 Å². The van der Waals surface area contributed by atoms with Crippen LogP contribution in [0.3, 0.4) is 0 Å². The van der Waals surface area contributed by atoms with Gasteiger partial charge in [-0.2, -0.15) is 0 Å². The Kier molecular flexibility index (Phi) is 5.53. The summed E-state index contributed by atoms with van der Waals surface area (Å²) in [6.45, 7) is 4.70. The maximum absolute atomic E-state index is 12.5. The average Bonchev–Trinajstić information content (AvgIpc) is 3.17. The topological polar surface area (TPSA) is 47.6 Å². The maximum atomic E-state index is 12.5. The number of carbonyl (C=O) groups is 1. The van der Waals surface area contributed by atoms with Crippen LogP contribution in [0.4, 0.5) is 0 Å². The summed E-state index contributed by atoms with van der Waals surface area (Å²) < 4.78 is 10.9. The van der Waals surface area contributed by atoms with E-state index in [1.54, 1.807) is 11.3 Å². The monoisotopic (exact) mass is 345 g/mol. The first-order valence-corrected chi connectivity index (χ1v) is 9.24. The maximum Gasteiger partial charge on any atom is 0.251 e. The van der Waals surface area contributed by atoms with E-state index in [0.717, 1.165) is 31.8 Å². The molecule has 0 bridgehead atoms. The van der Waals surface area contributed by atoms with Crippen LogP contribution in [-0.2, 0) is 10.2 Å². The minimum absolute atomic E-state index is 0.00661. The predicted octanol–water partition coefficient (Wildman–Crippen LogP) is 3.63. The van der Waals surface area contributed by atoms with Crippen LogP contribution in [0.25, 0.3) is 0 Å². The number of benzene rings is 1. The van der Waals surface area contributed by atoms with Gasteiger partial charge < -0.3 is 14.8 Å².